The molecule has 0 aromatic heterocycles. The third-order valence-electron chi connectivity index (χ3n) is 7.10. The van der Waals surface area contributed by atoms with Crippen molar-refractivity contribution in [1.29, 1.82) is 0 Å². The van der Waals surface area contributed by atoms with E-state index in [4.69, 9.17) is 0 Å². The molecule has 0 saturated carbocycles. The molecule has 0 N–H and O–H groups in total. The molecule has 2 aliphatic rings. The van der Waals surface area contributed by atoms with Gasteiger partial charge in [-0.05, 0) is 76.9 Å². The van der Waals surface area contributed by atoms with Crippen molar-refractivity contribution in [2.45, 2.75) is 51.9 Å². The van der Waals surface area contributed by atoms with Gasteiger partial charge in [-0.2, -0.15) is 0 Å². The number of aliphatic imine (C=N–C) groups is 2. The highest BCUT2D eigenvalue weighted by Crippen LogP contribution is 2.38. The summed E-state index contributed by atoms with van der Waals surface area (Å²) < 4.78 is 0. The fourth-order valence-electron chi connectivity index (χ4n) is 5.37. The number of allylic oxidation sites excluding steroid dienone is 1. The van der Waals surface area contributed by atoms with E-state index in [1.807, 2.05) is 13.1 Å². The summed E-state index contributed by atoms with van der Waals surface area (Å²) in [4.78, 5) is 26.2. The minimum Gasteiger partial charge on any atom is -0.342 e. The predicted octanol–water partition coefficient (Wildman–Crippen LogP) is 5.17. The third-order valence-corrected chi connectivity index (χ3v) is 7.10. The summed E-state index contributed by atoms with van der Waals surface area (Å²) in [6.07, 6.45) is 11.3. The minimum absolute atomic E-state index is 0.311. The number of carbonyl (C=O) groups is 1. The van der Waals surface area contributed by atoms with Crippen LogP contribution in [-0.2, 0) is 4.79 Å². The molecule has 5 nitrogen and oxygen atoms in total. The standard InChI is InChI=1S/C27H40N4O/c1-6-7-25-24(10-9-22(17-28-3)27(25)29-4)23-16-20(2)18-31(19-23)26(32)11-8-21-12-14-30(5)15-13-21/h6-7,9-10,17,20-21,23H,4,8,11-16,18-19H2,1-3,5H3/b7-6-,28-17+. The van der Waals surface area contributed by atoms with E-state index in [0.29, 0.717) is 30.1 Å². The molecule has 0 spiro atoms. The molecular formula is C27H40N4O. The van der Waals surface area contributed by atoms with Crippen LogP contribution in [0.1, 0.15) is 68.6 Å². The highest BCUT2D eigenvalue weighted by atomic mass is 16.2. The van der Waals surface area contributed by atoms with Crippen molar-refractivity contribution >= 4 is 30.6 Å². The maximum absolute atomic E-state index is 13.2. The van der Waals surface area contributed by atoms with Crippen molar-refractivity contribution < 1.29 is 4.79 Å². The Bertz CT molecular complexity index is 851. The first-order chi connectivity index (χ1) is 15.5. The van der Waals surface area contributed by atoms with Crippen LogP contribution in [0, 0.1) is 11.8 Å². The van der Waals surface area contributed by atoms with Crippen molar-refractivity contribution in [2.75, 3.05) is 40.3 Å². The molecule has 5 heteroatoms. The van der Waals surface area contributed by atoms with Gasteiger partial charge >= 0.3 is 0 Å². The molecule has 1 aromatic carbocycles. The van der Waals surface area contributed by atoms with Crippen molar-refractivity contribution in [3.05, 3.63) is 34.9 Å². The van der Waals surface area contributed by atoms with Gasteiger partial charge in [0.15, 0.2) is 0 Å². The van der Waals surface area contributed by atoms with E-state index in [1.54, 1.807) is 7.05 Å². The highest BCUT2D eigenvalue weighted by molar-refractivity contribution is 5.91. The monoisotopic (exact) mass is 436 g/mol. The molecule has 0 radical (unpaired) electrons. The van der Waals surface area contributed by atoms with Gasteiger partial charge in [0.1, 0.15) is 0 Å². The summed E-state index contributed by atoms with van der Waals surface area (Å²) in [5.41, 5.74) is 4.23. The van der Waals surface area contributed by atoms with Crippen LogP contribution in [0.2, 0.25) is 0 Å². The van der Waals surface area contributed by atoms with E-state index < -0.39 is 0 Å². The summed E-state index contributed by atoms with van der Waals surface area (Å²) in [5, 5.41) is 0. The van der Waals surface area contributed by atoms with Crippen molar-refractivity contribution in [1.82, 2.24) is 9.80 Å². The van der Waals surface area contributed by atoms with E-state index in [9.17, 15) is 4.79 Å². The van der Waals surface area contributed by atoms with Crippen LogP contribution < -0.4 is 0 Å². The molecule has 2 unspecified atom stereocenters. The molecule has 0 aliphatic carbocycles. The largest absolute Gasteiger partial charge is 0.342 e. The average Bonchev–Trinajstić information content (AvgIpc) is 2.78. The van der Waals surface area contributed by atoms with Gasteiger partial charge in [0.05, 0.1) is 5.69 Å². The summed E-state index contributed by atoms with van der Waals surface area (Å²) in [7, 11) is 3.96. The lowest BCUT2D eigenvalue weighted by molar-refractivity contribution is -0.133. The fourth-order valence-corrected chi connectivity index (χ4v) is 5.37. The molecule has 3 rings (SSSR count). The lowest BCUT2D eigenvalue weighted by atomic mass is 9.82. The average molecular weight is 437 g/mol. The number of piperidine rings is 2. The Labute approximate surface area is 194 Å². The van der Waals surface area contributed by atoms with Gasteiger partial charge < -0.3 is 9.80 Å². The lowest BCUT2D eigenvalue weighted by Gasteiger charge is -2.38. The maximum Gasteiger partial charge on any atom is 0.222 e. The minimum atomic E-state index is 0.311. The molecule has 174 valence electrons. The second-order valence-corrected chi connectivity index (χ2v) is 9.67. The topological polar surface area (TPSA) is 48.3 Å². The zero-order valence-corrected chi connectivity index (χ0v) is 20.4. The van der Waals surface area contributed by atoms with E-state index in [0.717, 1.165) is 55.8 Å². The van der Waals surface area contributed by atoms with Gasteiger partial charge in [-0.1, -0.05) is 31.2 Å². The summed E-state index contributed by atoms with van der Waals surface area (Å²) >= 11 is 0. The van der Waals surface area contributed by atoms with E-state index >= 15 is 0 Å². The van der Waals surface area contributed by atoms with Crippen LogP contribution in [-0.4, -0.2) is 68.9 Å². The van der Waals surface area contributed by atoms with Gasteiger partial charge in [0, 0.05) is 49.8 Å². The van der Waals surface area contributed by atoms with E-state index in [-0.39, 0.29) is 0 Å². The summed E-state index contributed by atoms with van der Waals surface area (Å²) in [6.45, 7) is 12.1. The molecule has 0 bridgehead atoms. The highest BCUT2D eigenvalue weighted by Gasteiger charge is 2.31. The van der Waals surface area contributed by atoms with Crippen LogP contribution in [0.3, 0.4) is 0 Å². The molecule has 1 aromatic rings. The number of rotatable bonds is 7. The number of carbonyl (C=O) groups excluding carboxylic acids is 1. The van der Waals surface area contributed by atoms with Gasteiger partial charge in [-0.3, -0.25) is 14.8 Å². The molecule has 1 amide bonds. The van der Waals surface area contributed by atoms with Crippen molar-refractivity contribution in [3.8, 4) is 0 Å². The Balaban J connectivity index is 1.75. The normalized spacial score (nSPS) is 23.3. The zero-order chi connectivity index (χ0) is 23.1. The first-order valence-corrected chi connectivity index (χ1v) is 12.1. The number of hydrogen-bond donors (Lipinski definition) is 0. The van der Waals surface area contributed by atoms with Crippen molar-refractivity contribution in [3.63, 3.8) is 0 Å². The van der Waals surface area contributed by atoms with E-state index in [1.165, 1.54) is 18.4 Å². The number of benzene rings is 1. The Morgan fingerprint density at radius 1 is 1.25 bits per heavy atom. The van der Waals surface area contributed by atoms with Crippen LogP contribution >= 0.6 is 0 Å². The second-order valence-electron chi connectivity index (χ2n) is 9.67. The van der Waals surface area contributed by atoms with Crippen molar-refractivity contribution in [2.24, 2.45) is 21.8 Å². The first kappa shape index (κ1) is 24.4. The first-order valence-electron chi connectivity index (χ1n) is 12.1. The van der Waals surface area contributed by atoms with Gasteiger partial charge in [0.2, 0.25) is 5.91 Å². The number of amides is 1. The Morgan fingerprint density at radius 3 is 2.66 bits per heavy atom. The Hall–Kier alpha value is -2.27. The SMILES string of the molecule is C=Nc1c(/C=N/C)ccc(C2CC(C)CN(C(=O)CCC3CCN(C)CC3)C2)c1/C=C\C. The smallest absolute Gasteiger partial charge is 0.222 e. The van der Waals surface area contributed by atoms with Gasteiger partial charge in [0.25, 0.3) is 0 Å². The molecule has 2 aliphatic heterocycles. The molecule has 2 fully saturated rings. The maximum atomic E-state index is 13.2. The second kappa shape index (κ2) is 11.6. The lowest BCUT2D eigenvalue weighted by Crippen LogP contribution is -2.43. The quantitative estimate of drug-likeness (QED) is 0.553. The number of hydrogen-bond acceptors (Lipinski definition) is 4. The molecule has 2 saturated heterocycles. The van der Waals surface area contributed by atoms with Gasteiger partial charge in [-0.15, -0.1) is 0 Å². The summed E-state index contributed by atoms with van der Waals surface area (Å²) in [5.74, 6) is 1.81. The molecule has 2 heterocycles. The van der Waals surface area contributed by atoms with Crippen LogP contribution in [0.5, 0.6) is 0 Å². The Kier molecular flexibility index (Phi) is 8.80. The van der Waals surface area contributed by atoms with Crippen LogP contribution in [0.15, 0.2) is 28.2 Å². The van der Waals surface area contributed by atoms with Crippen LogP contribution in [0.25, 0.3) is 6.08 Å². The molecule has 32 heavy (non-hydrogen) atoms. The zero-order valence-electron chi connectivity index (χ0n) is 20.4. The molecule has 2 atom stereocenters. The Morgan fingerprint density at radius 2 is 2.00 bits per heavy atom. The third kappa shape index (κ3) is 5.94. The van der Waals surface area contributed by atoms with Crippen LogP contribution in [0.4, 0.5) is 5.69 Å². The van der Waals surface area contributed by atoms with Gasteiger partial charge in [-0.25, -0.2) is 0 Å². The summed E-state index contributed by atoms with van der Waals surface area (Å²) in [6, 6.07) is 4.29. The fraction of sp³-hybridized carbons (Fsp3) is 0.593. The number of likely N-dealkylation sites (tertiary alicyclic amines) is 2. The number of nitrogens with zero attached hydrogens (tertiary/aromatic N) is 4. The predicted molar refractivity (Wildman–Crippen MR) is 136 cm³/mol. The van der Waals surface area contributed by atoms with E-state index in [2.05, 4.69) is 64.8 Å². The molecular weight excluding hydrogens is 396 g/mol.